The molecule has 89 valence electrons. The van der Waals surface area contributed by atoms with Gasteiger partial charge in [-0.3, -0.25) is 0 Å². The molecule has 2 heteroatoms. The van der Waals surface area contributed by atoms with Crippen molar-refractivity contribution in [2.75, 3.05) is 0 Å². The number of rotatable bonds is 6. The zero-order chi connectivity index (χ0) is 12.2. The van der Waals surface area contributed by atoms with Crippen molar-refractivity contribution in [3.8, 4) is 0 Å². The standard InChI is InChI=1S/C8H16.C5H9O2/c1-3-5-7-8-6-4-2;1-5(2,3)7-4-6/h3H,1,4-8H2,2H3;1-3H3. The largest absolute Gasteiger partial charge is 0.452 e. The molecule has 0 saturated heterocycles. The van der Waals surface area contributed by atoms with Gasteiger partial charge in [0.15, 0.2) is 0 Å². The molecule has 1 radical (unpaired) electrons. The van der Waals surface area contributed by atoms with Crippen LogP contribution < -0.4 is 0 Å². The molecule has 0 aromatic heterocycles. The van der Waals surface area contributed by atoms with Crippen LogP contribution in [0.25, 0.3) is 0 Å². The van der Waals surface area contributed by atoms with Gasteiger partial charge in [-0.05, 0) is 33.6 Å². The lowest BCUT2D eigenvalue weighted by atomic mass is 10.2. The van der Waals surface area contributed by atoms with Crippen molar-refractivity contribution in [2.45, 2.75) is 65.4 Å². The molecule has 2 nitrogen and oxygen atoms in total. The highest BCUT2D eigenvalue weighted by molar-refractivity contribution is 5.39. The fraction of sp³-hybridized carbons (Fsp3) is 0.769. The van der Waals surface area contributed by atoms with Crippen LogP contribution in [0.2, 0.25) is 0 Å². The minimum atomic E-state index is -0.373. The Labute approximate surface area is 94.7 Å². The normalized spacial score (nSPS) is 9.87. The van der Waals surface area contributed by atoms with E-state index in [1.807, 2.05) is 6.08 Å². The molecule has 15 heavy (non-hydrogen) atoms. The van der Waals surface area contributed by atoms with E-state index >= 15 is 0 Å². The Hall–Kier alpha value is -0.790. The number of unbranched alkanes of at least 4 members (excludes halogenated alkanes) is 4. The van der Waals surface area contributed by atoms with Crippen LogP contribution in [0.4, 0.5) is 0 Å². The van der Waals surface area contributed by atoms with E-state index in [0.717, 1.165) is 0 Å². The van der Waals surface area contributed by atoms with Crippen molar-refractivity contribution in [2.24, 2.45) is 0 Å². The highest BCUT2D eigenvalue weighted by atomic mass is 16.5. The molecule has 0 heterocycles. The van der Waals surface area contributed by atoms with Crippen molar-refractivity contribution in [1.82, 2.24) is 0 Å². The van der Waals surface area contributed by atoms with Crippen LogP contribution in [-0.4, -0.2) is 12.1 Å². The first-order chi connectivity index (χ1) is 6.97. The van der Waals surface area contributed by atoms with Gasteiger partial charge in [-0.1, -0.05) is 32.3 Å². The van der Waals surface area contributed by atoms with Crippen molar-refractivity contribution in [3.05, 3.63) is 12.7 Å². The number of ether oxygens (including phenoxy) is 1. The zero-order valence-corrected chi connectivity index (χ0v) is 10.6. The average Bonchev–Trinajstić information content (AvgIpc) is 2.12. The van der Waals surface area contributed by atoms with E-state index in [9.17, 15) is 4.79 Å². The van der Waals surface area contributed by atoms with Gasteiger partial charge in [0, 0.05) is 0 Å². The lowest BCUT2D eigenvalue weighted by Crippen LogP contribution is -2.17. The minimum absolute atomic E-state index is 0.373. The number of hydrogen-bond acceptors (Lipinski definition) is 2. The van der Waals surface area contributed by atoms with Gasteiger partial charge in [-0.15, -0.1) is 6.58 Å². The second kappa shape index (κ2) is 11.3. The minimum Gasteiger partial charge on any atom is -0.452 e. The SMILES string of the molecule is C=CCCCCCC.CC(C)(C)O[C]=O. The maximum absolute atomic E-state index is 9.47. The summed E-state index contributed by atoms with van der Waals surface area (Å²) < 4.78 is 4.42. The van der Waals surface area contributed by atoms with Crippen LogP contribution in [0.3, 0.4) is 0 Å². The maximum atomic E-state index is 9.47. The highest BCUT2D eigenvalue weighted by Crippen LogP contribution is 2.02. The summed E-state index contributed by atoms with van der Waals surface area (Å²) in [5.41, 5.74) is -0.373. The maximum Gasteiger partial charge on any atom is 0.418 e. The van der Waals surface area contributed by atoms with Crippen LogP contribution in [0.15, 0.2) is 12.7 Å². The first-order valence-corrected chi connectivity index (χ1v) is 5.64. The molecular formula is C13H25O2. The zero-order valence-electron chi connectivity index (χ0n) is 10.6. The third kappa shape index (κ3) is 24.6. The Morgan fingerprint density at radius 3 is 2.13 bits per heavy atom. The molecule has 0 unspecified atom stereocenters. The lowest BCUT2D eigenvalue weighted by Gasteiger charge is -2.13. The Bertz CT molecular complexity index is 145. The summed E-state index contributed by atoms with van der Waals surface area (Å²) in [6, 6.07) is 0. The molecule has 0 aromatic carbocycles. The molecule has 0 rings (SSSR count). The molecule has 0 atom stereocenters. The van der Waals surface area contributed by atoms with Gasteiger partial charge in [0.05, 0.1) is 0 Å². The van der Waals surface area contributed by atoms with Crippen molar-refractivity contribution in [1.29, 1.82) is 0 Å². The fourth-order valence-electron chi connectivity index (χ4n) is 0.840. The van der Waals surface area contributed by atoms with Crippen LogP contribution in [0.1, 0.15) is 59.8 Å². The van der Waals surface area contributed by atoms with E-state index in [0.29, 0.717) is 0 Å². The van der Waals surface area contributed by atoms with E-state index in [1.54, 1.807) is 20.8 Å². The van der Waals surface area contributed by atoms with Crippen LogP contribution in [-0.2, 0) is 9.53 Å². The molecule has 0 N–H and O–H groups in total. The van der Waals surface area contributed by atoms with Crippen LogP contribution in [0, 0.1) is 0 Å². The van der Waals surface area contributed by atoms with Crippen molar-refractivity contribution < 1.29 is 9.53 Å². The average molecular weight is 213 g/mol. The summed E-state index contributed by atoms with van der Waals surface area (Å²) in [7, 11) is 0. The summed E-state index contributed by atoms with van der Waals surface area (Å²) in [5, 5.41) is 0. The van der Waals surface area contributed by atoms with E-state index < -0.39 is 0 Å². The second-order valence-electron chi connectivity index (χ2n) is 4.44. The van der Waals surface area contributed by atoms with Gasteiger partial charge in [0.25, 0.3) is 0 Å². The third-order valence-corrected chi connectivity index (χ3v) is 1.61. The topological polar surface area (TPSA) is 26.3 Å². The van der Waals surface area contributed by atoms with E-state index in [1.165, 1.54) is 38.6 Å². The monoisotopic (exact) mass is 213 g/mol. The summed E-state index contributed by atoms with van der Waals surface area (Å²) in [5.74, 6) is 0. The molecule has 0 saturated carbocycles. The first kappa shape index (κ1) is 16.6. The second-order valence-corrected chi connectivity index (χ2v) is 4.44. The van der Waals surface area contributed by atoms with Gasteiger partial charge < -0.3 is 4.74 Å². The molecule has 0 aliphatic rings. The Kier molecular flexibility index (Phi) is 12.5. The third-order valence-electron chi connectivity index (χ3n) is 1.61. The molecule has 0 aliphatic heterocycles. The summed E-state index contributed by atoms with van der Waals surface area (Å²) >= 11 is 0. The van der Waals surface area contributed by atoms with Crippen LogP contribution in [0.5, 0.6) is 0 Å². The molecule has 0 amide bonds. The molecular weight excluding hydrogens is 188 g/mol. The van der Waals surface area contributed by atoms with Crippen molar-refractivity contribution >= 4 is 6.47 Å². The number of hydrogen-bond donors (Lipinski definition) is 0. The summed E-state index contributed by atoms with van der Waals surface area (Å²) in [6.45, 7) is 12.6. The lowest BCUT2D eigenvalue weighted by molar-refractivity contribution is 0.109. The molecule has 0 bridgehead atoms. The van der Waals surface area contributed by atoms with Gasteiger partial charge in [-0.25, -0.2) is 4.79 Å². The van der Waals surface area contributed by atoms with Gasteiger partial charge in [0.2, 0.25) is 0 Å². The first-order valence-electron chi connectivity index (χ1n) is 5.64. The molecule has 0 spiro atoms. The fourth-order valence-corrected chi connectivity index (χ4v) is 0.840. The Morgan fingerprint density at radius 2 is 1.87 bits per heavy atom. The molecule has 0 fully saturated rings. The molecule has 0 aromatic rings. The van der Waals surface area contributed by atoms with Gasteiger partial charge in [0.1, 0.15) is 5.60 Å². The quantitative estimate of drug-likeness (QED) is 0.492. The van der Waals surface area contributed by atoms with E-state index in [4.69, 9.17) is 0 Å². The predicted molar refractivity (Wildman–Crippen MR) is 65.5 cm³/mol. The smallest absolute Gasteiger partial charge is 0.418 e. The molecule has 0 aliphatic carbocycles. The number of carbonyl (C=O) groups excluding carboxylic acids is 1. The van der Waals surface area contributed by atoms with E-state index in [2.05, 4.69) is 18.2 Å². The Morgan fingerprint density at radius 1 is 1.27 bits per heavy atom. The van der Waals surface area contributed by atoms with Crippen molar-refractivity contribution in [3.63, 3.8) is 0 Å². The van der Waals surface area contributed by atoms with Crippen LogP contribution >= 0.6 is 0 Å². The van der Waals surface area contributed by atoms with Gasteiger partial charge in [-0.2, -0.15) is 0 Å². The predicted octanol–water partition coefficient (Wildman–Crippen LogP) is 4.01. The summed E-state index contributed by atoms with van der Waals surface area (Å²) in [4.78, 5) is 9.47. The Balaban J connectivity index is 0. The highest BCUT2D eigenvalue weighted by Gasteiger charge is 2.08. The summed E-state index contributed by atoms with van der Waals surface area (Å²) in [6.07, 6.45) is 8.61. The number of allylic oxidation sites excluding steroid dienone is 1. The van der Waals surface area contributed by atoms with E-state index in [-0.39, 0.29) is 5.60 Å². The van der Waals surface area contributed by atoms with Gasteiger partial charge >= 0.3 is 6.47 Å².